The standard InChI is InChI=1S/C19H27N3O3/c1-2-25-19(24)16-9-6-10-20-17(16)21-11-13-22(14-12-21)18(23)15-7-4-3-5-8-15/h6,9-10,15H,2-5,7-8,11-14H2,1H3. The Labute approximate surface area is 149 Å². The molecule has 0 aromatic carbocycles. The molecule has 6 nitrogen and oxygen atoms in total. The molecule has 0 atom stereocenters. The summed E-state index contributed by atoms with van der Waals surface area (Å²) >= 11 is 0. The summed E-state index contributed by atoms with van der Waals surface area (Å²) in [5, 5.41) is 0. The summed E-state index contributed by atoms with van der Waals surface area (Å²) in [5.74, 6) is 0.841. The molecule has 6 heteroatoms. The molecule has 1 saturated heterocycles. The molecule has 0 N–H and O–H groups in total. The van der Waals surface area contributed by atoms with E-state index >= 15 is 0 Å². The summed E-state index contributed by atoms with van der Waals surface area (Å²) in [6.07, 6.45) is 7.37. The maximum absolute atomic E-state index is 12.7. The van der Waals surface area contributed by atoms with Crippen molar-refractivity contribution in [1.29, 1.82) is 0 Å². The summed E-state index contributed by atoms with van der Waals surface area (Å²) in [6, 6.07) is 3.50. The van der Waals surface area contributed by atoms with E-state index in [1.807, 2.05) is 4.90 Å². The molecule has 0 bridgehead atoms. The zero-order valence-corrected chi connectivity index (χ0v) is 14.9. The van der Waals surface area contributed by atoms with Gasteiger partial charge in [0, 0.05) is 38.3 Å². The Morgan fingerprint density at radius 1 is 1.16 bits per heavy atom. The zero-order chi connectivity index (χ0) is 17.6. The lowest BCUT2D eigenvalue weighted by Gasteiger charge is -2.38. The van der Waals surface area contributed by atoms with Crippen LogP contribution < -0.4 is 4.90 Å². The first-order chi connectivity index (χ1) is 12.2. The summed E-state index contributed by atoms with van der Waals surface area (Å²) < 4.78 is 5.13. The van der Waals surface area contributed by atoms with E-state index in [0.29, 0.717) is 50.1 Å². The molecule has 0 spiro atoms. The second-order valence-corrected chi connectivity index (χ2v) is 6.74. The molecule has 0 unspecified atom stereocenters. The van der Waals surface area contributed by atoms with Gasteiger partial charge in [-0.15, -0.1) is 0 Å². The molecular formula is C19H27N3O3. The van der Waals surface area contributed by atoms with Crippen molar-refractivity contribution in [3.8, 4) is 0 Å². The largest absolute Gasteiger partial charge is 0.462 e. The van der Waals surface area contributed by atoms with Gasteiger partial charge in [-0.25, -0.2) is 9.78 Å². The monoisotopic (exact) mass is 345 g/mol. The second kappa shape index (κ2) is 8.32. The SMILES string of the molecule is CCOC(=O)c1cccnc1N1CCN(C(=O)C2CCCCC2)CC1. The van der Waals surface area contributed by atoms with Crippen LogP contribution in [0.3, 0.4) is 0 Å². The van der Waals surface area contributed by atoms with E-state index in [-0.39, 0.29) is 11.9 Å². The highest BCUT2D eigenvalue weighted by Crippen LogP contribution is 2.26. The fourth-order valence-electron chi connectivity index (χ4n) is 3.76. The number of hydrogen-bond donors (Lipinski definition) is 0. The predicted octanol–water partition coefficient (Wildman–Crippen LogP) is 2.49. The number of amides is 1. The number of anilines is 1. The van der Waals surface area contributed by atoms with Crippen LogP contribution in [0.4, 0.5) is 5.82 Å². The topological polar surface area (TPSA) is 62.7 Å². The van der Waals surface area contributed by atoms with E-state index in [1.165, 1.54) is 19.3 Å². The average molecular weight is 345 g/mol. The Kier molecular flexibility index (Phi) is 5.89. The Bertz CT molecular complexity index is 606. The lowest BCUT2D eigenvalue weighted by molar-refractivity contribution is -0.136. The first-order valence-electron chi connectivity index (χ1n) is 9.36. The number of carbonyl (C=O) groups is 2. The van der Waals surface area contributed by atoms with E-state index in [1.54, 1.807) is 25.3 Å². The first-order valence-corrected chi connectivity index (χ1v) is 9.36. The fraction of sp³-hybridized carbons (Fsp3) is 0.632. The highest BCUT2D eigenvalue weighted by Gasteiger charge is 2.29. The van der Waals surface area contributed by atoms with Gasteiger partial charge in [0.1, 0.15) is 11.4 Å². The van der Waals surface area contributed by atoms with Gasteiger partial charge in [-0.05, 0) is 31.9 Å². The molecule has 1 aliphatic heterocycles. The molecule has 0 radical (unpaired) electrons. The Morgan fingerprint density at radius 2 is 1.88 bits per heavy atom. The van der Waals surface area contributed by atoms with E-state index < -0.39 is 0 Å². The Balaban J connectivity index is 1.62. The van der Waals surface area contributed by atoms with Crippen LogP contribution in [0.5, 0.6) is 0 Å². The van der Waals surface area contributed by atoms with Gasteiger partial charge in [-0.2, -0.15) is 0 Å². The summed E-state index contributed by atoms with van der Waals surface area (Å²) in [4.78, 5) is 33.3. The fourth-order valence-corrected chi connectivity index (χ4v) is 3.76. The summed E-state index contributed by atoms with van der Waals surface area (Å²) in [5.41, 5.74) is 0.497. The van der Waals surface area contributed by atoms with E-state index in [0.717, 1.165) is 12.8 Å². The van der Waals surface area contributed by atoms with Crippen LogP contribution in [0.2, 0.25) is 0 Å². The number of pyridine rings is 1. The van der Waals surface area contributed by atoms with Crippen molar-refractivity contribution in [3.63, 3.8) is 0 Å². The minimum absolute atomic E-state index is 0.213. The lowest BCUT2D eigenvalue weighted by atomic mass is 9.88. The van der Waals surface area contributed by atoms with Crippen LogP contribution in [-0.2, 0) is 9.53 Å². The third kappa shape index (κ3) is 4.11. The van der Waals surface area contributed by atoms with Gasteiger partial charge in [0.05, 0.1) is 6.61 Å². The molecule has 1 saturated carbocycles. The molecule has 136 valence electrons. The molecule has 2 fully saturated rings. The minimum atomic E-state index is -0.341. The van der Waals surface area contributed by atoms with Gasteiger partial charge in [0.25, 0.3) is 0 Å². The maximum Gasteiger partial charge on any atom is 0.341 e. The average Bonchev–Trinajstić information content (AvgIpc) is 2.68. The molecule has 1 aliphatic carbocycles. The van der Waals surface area contributed by atoms with Crippen molar-refractivity contribution in [2.45, 2.75) is 39.0 Å². The number of carbonyl (C=O) groups excluding carboxylic acids is 2. The van der Waals surface area contributed by atoms with Gasteiger partial charge in [-0.1, -0.05) is 19.3 Å². The molecule has 2 heterocycles. The van der Waals surface area contributed by atoms with Crippen LogP contribution >= 0.6 is 0 Å². The summed E-state index contributed by atoms with van der Waals surface area (Å²) in [7, 11) is 0. The molecular weight excluding hydrogens is 318 g/mol. The van der Waals surface area contributed by atoms with Crippen LogP contribution in [0.1, 0.15) is 49.4 Å². The van der Waals surface area contributed by atoms with Crippen molar-refractivity contribution >= 4 is 17.7 Å². The number of ether oxygens (including phenoxy) is 1. The number of hydrogen-bond acceptors (Lipinski definition) is 5. The van der Waals surface area contributed by atoms with Crippen molar-refractivity contribution in [3.05, 3.63) is 23.9 Å². The van der Waals surface area contributed by atoms with Crippen molar-refractivity contribution in [2.75, 3.05) is 37.7 Å². The maximum atomic E-state index is 12.7. The number of esters is 1. The lowest BCUT2D eigenvalue weighted by Crippen LogP contribution is -2.51. The predicted molar refractivity (Wildman–Crippen MR) is 95.6 cm³/mol. The number of rotatable bonds is 4. The molecule has 25 heavy (non-hydrogen) atoms. The minimum Gasteiger partial charge on any atom is -0.462 e. The Hall–Kier alpha value is -2.11. The molecule has 1 amide bonds. The van der Waals surface area contributed by atoms with E-state index in [9.17, 15) is 9.59 Å². The molecule has 2 aliphatic rings. The number of nitrogens with zero attached hydrogens (tertiary/aromatic N) is 3. The quantitative estimate of drug-likeness (QED) is 0.785. The molecule has 1 aromatic heterocycles. The Morgan fingerprint density at radius 3 is 2.56 bits per heavy atom. The van der Waals surface area contributed by atoms with Gasteiger partial charge in [0.2, 0.25) is 5.91 Å². The second-order valence-electron chi connectivity index (χ2n) is 6.74. The van der Waals surface area contributed by atoms with Crippen molar-refractivity contribution in [2.24, 2.45) is 5.92 Å². The van der Waals surface area contributed by atoms with Crippen LogP contribution in [-0.4, -0.2) is 54.5 Å². The zero-order valence-electron chi connectivity index (χ0n) is 14.9. The third-order valence-corrected chi connectivity index (χ3v) is 5.13. The highest BCUT2D eigenvalue weighted by molar-refractivity contribution is 5.94. The molecule has 1 aromatic rings. The van der Waals surface area contributed by atoms with Crippen LogP contribution in [0.15, 0.2) is 18.3 Å². The van der Waals surface area contributed by atoms with E-state index in [4.69, 9.17) is 4.74 Å². The molecule has 3 rings (SSSR count). The van der Waals surface area contributed by atoms with Gasteiger partial charge in [0.15, 0.2) is 0 Å². The number of aromatic nitrogens is 1. The van der Waals surface area contributed by atoms with Crippen molar-refractivity contribution < 1.29 is 14.3 Å². The van der Waals surface area contributed by atoms with Gasteiger partial charge >= 0.3 is 5.97 Å². The first kappa shape index (κ1) is 17.7. The normalized spacial score (nSPS) is 18.9. The van der Waals surface area contributed by atoms with Gasteiger partial charge < -0.3 is 14.5 Å². The van der Waals surface area contributed by atoms with Crippen LogP contribution in [0, 0.1) is 5.92 Å². The van der Waals surface area contributed by atoms with Crippen LogP contribution in [0.25, 0.3) is 0 Å². The van der Waals surface area contributed by atoms with Crippen molar-refractivity contribution in [1.82, 2.24) is 9.88 Å². The third-order valence-electron chi connectivity index (χ3n) is 5.13. The summed E-state index contributed by atoms with van der Waals surface area (Å²) in [6.45, 7) is 4.91. The highest BCUT2D eigenvalue weighted by atomic mass is 16.5. The van der Waals surface area contributed by atoms with Gasteiger partial charge in [-0.3, -0.25) is 4.79 Å². The smallest absolute Gasteiger partial charge is 0.341 e. The number of piperazine rings is 1. The van der Waals surface area contributed by atoms with E-state index in [2.05, 4.69) is 9.88 Å².